The van der Waals surface area contributed by atoms with E-state index in [4.69, 9.17) is 32.7 Å². The molecule has 0 radical (unpaired) electrons. The summed E-state index contributed by atoms with van der Waals surface area (Å²) in [4.78, 5) is 22.9. The van der Waals surface area contributed by atoms with Crippen LogP contribution in [0.2, 0.25) is 0 Å². The largest absolute Gasteiger partial charge is 0.450 e. The van der Waals surface area contributed by atoms with Crippen LogP contribution in [-0.4, -0.2) is 83.2 Å². The number of thioether (sulfide) groups is 1. The van der Waals surface area contributed by atoms with Crippen molar-refractivity contribution in [3.8, 4) is 0 Å². The summed E-state index contributed by atoms with van der Waals surface area (Å²) in [5.41, 5.74) is 0. The smallest absolute Gasteiger partial charge is 0.407 e. The van der Waals surface area contributed by atoms with Gasteiger partial charge in [0.15, 0.2) is 0 Å². The number of halogens is 2. The van der Waals surface area contributed by atoms with Crippen molar-refractivity contribution in [1.29, 1.82) is 0 Å². The van der Waals surface area contributed by atoms with Crippen molar-refractivity contribution in [2.45, 2.75) is 75.3 Å². The summed E-state index contributed by atoms with van der Waals surface area (Å²) in [5, 5.41) is 24.4. The number of rotatable bonds is 18. The molecule has 4 atom stereocenters. The van der Waals surface area contributed by atoms with Crippen molar-refractivity contribution in [3.05, 3.63) is 0 Å². The Bertz CT molecular complexity index is 439. The highest BCUT2D eigenvalue weighted by Gasteiger charge is 2.20. The van der Waals surface area contributed by atoms with Crippen LogP contribution in [0.5, 0.6) is 0 Å². The Morgan fingerprint density at radius 3 is 1.58 bits per heavy atom. The van der Waals surface area contributed by atoms with Crippen molar-refractivity contribution in [1.82, 2.24) is 10.6 Å². The number of aliphatic hydroxyl groups is 2. The molecule has 0 fully saturated rings. The zero-order valence-electron chi connectivity index (χ0n) is 18.5. The number of hydrogen-bond donors (Lipinski definition) is 4. The molecule has 0 aromatic heterocycles. The summed E-state index contributed by atoms with van der Waals surface area (Å²) < 4.78 is 9.94. The molecule has 4 unspecified atom stereocenters. The molecule has 184 valence electrons. The predicted octanol–water partition coefficient (Wildman–Crippen LogP) is 3.49. The molecule has 0 aliphatic carbocycles. The Morgan fingerprint density at radius 2 is 1.23 bits per heavy atom. The van der Waals surface area contributed by atoms with E-state index < -0.39 is 35.1 Å². The molecule has 0 saturated heterocycles. The van der Waals surface area contributed by atoms with Crippen LogP contribution < -0.4 is 10.6 Å². The average molecular weight is 506 g/mol. The molecule has 0 aromatic rings. The first kappa shape index (κ1) is 30.4. The van der Waals surface area contributed by atoms with Gasteiger partial charge in [0.05, 0.1) is 36.2 Å². The lowest BCUT2D eigenvalue weighted by molar-refractivity contribution is 0.142. The fourth-order valence-corrected chi connectivity index (χ4v) is 3.94. The van der Waals surface area contributed by atoms with Gasteiger partial charge in [-0.1, -0.05) is 26.7 Å². The highest BCUT2D eigenvalue weighted by molar-refractivity contribution is 7.99. The van der Waals surface area contributed by atoms with Gasteiger partial charge < -0.3 is 30.3 Å². The quantitative estimate of drug-likeness (QED) is 0.166. The first-order chi connectivity index (χ1) is 14.8. The van der Waals surface area contributed by atoms with Gasteiger partial charge in [0, 0.05) is 24.6 Å². The number of carbonyl (C=O) groups is 2. The first-order valence-electron chi connectivity index (χ1n) is 10.8. The minimum atomic E-state index is -0.787. The van der Waals surface area contributed by atoms with Gasteiger partial charge in [0.1, 0.15) is 0 Å². The van der Waals surface area contributed by atoms with Gasteiger partial charge in [-0.15, -0.1) is 23.2 Å². The van der Waals surface area contributed by atoms with Gasteiger partial charge in [-0.3, -0.25) is 0 Å². The van der Waals surface area contributed by atoms with E-state index in [-0.39, 0.29) is 0 Å². The van der Waals surface area contributed by atoms with E-state index in [1.807, 2.05) is 13.8 Å². The minimum Gasteiger partial charge on any atom is -0.450 e. The van der Waals surface area contributed by atoms with Crippen LogP contribution in [0, 0.1) is 0 Å². The Kier molecular flexibility index (Phi) is 19.6. The van der Waals surface area contributed by atoms with Crippen LogP contribution in [0.25, 0.3) is 0 Å². The van der Waals surface area contributed by atoms with Crippen LogP contribution in [0.1, 0.15) is 52.4 Å². The number of amides is 2. The normalized spacial score (nSPS) is 14.9. The molecule has 0 aliphatic rings. The Labute approximate surface area is 200 Å². The molecule has 0 heterocycles. The lowest BCUT2D eigenvalue weighted by atomic mass is 10.2. The second-order valence-electron chi connectivity index (χ2n) is 7.11. The summed E-state index contributed by atoms with van der Waals surface area (Å²) in [6.45, 7) is 5.40. The number of alkyl halides is 2. The van der Waals surface area contributed by atoms with Crippen molar-refractivity contribution in [2.75, 3.05) is 37.8 Å². The molecule has 11 heteroatoms. The van der Waals surface area contributed by atoms with Gasteiger partial charge in [0.25, 0.3) is 0 Å². The highest BCUT2D eigenvalue weighted by atomic mass is 35.5. The first-order valence-corrected chi connectivity index (χ1v) is 12.9. The van der Waals surface area contributed by atoms with Crippen molar-refractivity contribution in [3.63, 3.8) is 0 Å². The molecule has 0 aliphatic heterocycles. The van der Waals surface area contributed by atoms with E-state index in [0.717, 1.165) is 25.7 Å². The lowest BCUT2D eigenvalue weighted by Crippen LogP contribution is -2.33. The van der Waals surface area contributed by atoms with Crippen molar-refractivity contribution >= 4 is 47.2 Å². The maximum Gasteiger partial charge on any atom is 0.407 e. The maximum absolute atomic E-state index is 11.4. The van der Waals surface area contributed by atoms with Gasteiger partial charge in [-0.05, 0) is 25.7 Å². The van der Waals surface area contributed by atoms with Crippen LogP contribution in [0.15, 0.2) is 0 Å². The summed E-state index contributed by atoms with van der Waals surface area (Å²) >= 11 is 13.7. The lowest BCUT2D eigenvalue weighted by Gasteiger charge is -2.20. The van der Waals surface area contributed by atoms with E-state index in [9.17, 15) is 19.8 Å². The monoisotopic (exact) mass is 504 g/mol. The molecule has 2 amide bonds. The van der Waals surface area contributed by atoms with E-state index >= 15 is 0 Å². The highest BCUT2D eigenvalue weighted by Crippen LogP contribution is 2.17. The summed E-state index contributed by atoms with van der Waals surface area (Å²) in [6.07, 6.45) is 1.78. The average Bonchev–Trinajstić information content (AvgIpc) is 2.73. The number of carbonyl (C=O) groups excluding carboxylic acids is 2. The van der Waals surface area contributed by atoms with Crippen molar-refractivity contribution < 1.29 is 29.3 Å². The predicted molar refractivity (Wildman–Crippen MR) is 126 cm³/mol. The zero-order valence-corrected chi connectivity index (χ0v) is 20.8. The van der Waals surface area contributed by atoms with Gasteiger partial charge >= 0.3 is 12.2 Å². The Hall–Kier alpha value is -0.610. The number of ether oxygens (including phenoxy) is 2. The number of aliphatic hydroxyl groups excluding tert-OH is 2. The molecule has 4 N–H and O–H groups in total. The molecule has 8 nitrogen and oxygen atoms in total. The second-order valence-corrected chi connectivity index (χ2v) is 9.31. The van der Waals surface area contributed by atoms with Gasteiger partial charge in [0.2, 0.25) is 0 Å². The van der Waals surface area contributed by atoms with E-state index in [1.54, 1.807) is 0 Å². The van der Waals surface area contributed by atoms with Crippen molar-refractivity contribution in [2.24, 2.45) is 0 Å². The molecule has 0 saturated carbocycles. The third-order valence-electron chi connectivity index (χ3n) is 4.25. The molecule has 0 rings (SSSR count). The summed E-state index contributed by atoms with van der Waals surface area (Å²) in [5.74, 6) is 0.662. The van der Waals surface area contributed by atoms with Crippen LogP contribution in [0.3, 0.4) is 0 Å². The number of alkyl carbamates (subject to hydrolysis) is 2. The summed E-state index contributed by atoms with van der Waals surface area (Å²) in [6, 6.07) is 0. The topological polar surface area (TPSA) is 117 Å². The standard InChI is InChI=1S/C20H38Cl2N2O6S/c1-3-5-11-29-19(27)23-9-7-15(21)17(25)13-31-14-18(26)16(22)8-10-24-20(28)30-12-6-4-2/h15-18,25-26H,3-14H2,1-2H3,(H,23,27)(H,24,28). The maximum atomic E-state index is 11.4. The third-order valence-corrected chi connectivity index (χ3v) is 6.43. The molecule has 0 spiro atoms. The molecular weight excluding hydrogens is 467 g/mol. The Balaban J connectivity index is 3.84. The summed E-state index contributed by atoms with van der Waals surface area (Å²) in [7, 11) is 0. The second kappa shape index (κ2) is 20.0. The fraction of sp³-hybridized carbons (Fsp3) is 0.900. The number of hydrogen-bond acceptors (Lipinski definition) is 7. The van der Waals surface area contributed by atoms with Crippen LogP contribution in [0.4, 0.5) is 9.59 Å². The minimum absolute atomic E-state index is 0.307. The molecule has 0 bridgehead atoms. The Morgan fingerprint density at radius 1 is 0.839 bits per heavy atom. The van der Waals surface area contributed by atoms with E-state index in [1.165, 1.54) is 11.8 Å². The number of nitrogens with one attached hydrogen (secondary N) is 2. The zero-order chi connectivity index (χ0) is 23.5. The number of unbranched alkanes of at least 4 members (excludes halogenated alkanes) is 2. The molecule has 0 aromatic carbocycles. The SMILES string of the molecule is CCCCOC(=O)NCCC(Cl)C(O)CSCC(O)C(Cl)CCNC(=O)OCCCC. The van der Waals surface area contributed by atoms with Gasteiger partial charge in [-0.25, -0.2) is 9.59 Å². The molecule has 31 heavy (non-hydrogen) atoms. The van der Waals surface area contributed by atoms with E-state index in [0.29, 0.717) is 50.7 Å². The third kappa shape index (κ3) is 17.6. The molecular formula is C20H38Cl2N2O6S. The van der Waals surface area contributed by atoms with Gasteiger partial charge in [-0.2, -0.15) is 11.8 Å². The van der Waals surface area contributed by atoms with Crippen LogP contribution >= 0.6 is 35.0 Å². The van der Waals surface area contributed by atoms with Crippen LogP contribution in [-0.2, 0) is 9.47 Å². The fourth-order valence-electron chi connectivity index (χ4n) is 2.25. The van der Waals surface area contributed by atoms with E-state index in [2.05, 4.69) is 10.6 Å².